The van der Waals surface area contributed by atoms with Crippen molar-refractivity contribution in [3.63, 3.8) is 0 Å². The molecule has 0 bridgehead atoms. The first-order valence-corrected chi connectivity index (χ1v) is 11.3. The zero-order chi connectivity index (χ0) is 21.7. The minimum Gasteiger partial charge on any atom is -0.339 e. The van der Waals surface area contributed by atoms with Crippen LogP contribution in [-0.4, -0.2) is 68.2 Å². The second-order valence-corrected chi connectivity index (χ2v) is 9.56. The Morgan fingerprint density at radius 2 is 1.70 bits per heavy atom. The average molecular weight is 447 g/mol. The third-order valence-corrected chi connectivity index (χ3v) is 7.22. The normalized spacial score (nSPS) is 16.3. The monoisotopic (exact) mass is 446 g/mol. The van der Waals surface area contributed by atoms with Gasteiger partial charge in [0.2, 0.25) is 15.9 Å². The smallest absolute Gasteiger partial charge is 0.243 e. The summed E-state index contributed by atoms with van der Waals surface area (Å²) >= 11 is 5.82. The van der Waals surface area contributed by atoms with E-state index in [1.807, 2.05) is 35.2 Å². The molecule has 2 aromatic carbocycles. The van der Waals surface area contributed by atoms with E-state index in [2.05, 4.69) is 6.07 Å². The number of hydrogen-bond acceptors (Lipinski definition) is 5. The Balaban J connectivity index is 1.59. The Bertz CT molecular complexity index is 1010. The number of halogens is 1. The summed E-state index contributed by atoms with van der Waals surface area (Å²) in [6.45, 7) is 1.74. The summed E-state index contributed by atoms with van der Waals surface area (Å²) in [5.41, 5.74) is 0.925. The van der Waals surface area contributed by atoms with Gasteiger partial charge >= 0.3 is 0 Å². The molecule has 7 nitrogen and oxygen atoms in total. The molecule has 2 aromatic rings. The van der Waals surface area contributed by atoms with Crippen LogP contribution in [0.1, 0.15) is 11.6 Å². The van der Waals surface area contributed by atoms with Crippen molar-refractivity contribution in [3.05, 3.63) is 65.2 Å². The summed E-state index contributed by atoms with van der Waals surface area (Å²) in [6.07, 6.45) is 0. The molecular weight excluding hydrogens is 424 g/mol. The van der Waals surface area contributed by atoms with Gasteiger partial charge < -0.3 is 4.90 Å². The molecule has 0 aromatic heterocycles. The van der Waals surface area contributed by atoms with Crippen molar-refractivity contribution >= 4 is 27.5 Å². The molecule has 158 valence electrons. The largest absolute Gasteiger partial charge is 0.339 e. The van der Waals surface area contributed by atoms with Crippen LogP contribution >= 0.6 is 11.6 Å². The Kier molecular flexibility index (Phi) is 7.10. The number of rotatable bonds is 6. The Morgan fingerprint density at radius 3 is 2.27 bits per heavy atom. The molecule has 0 saturated carbocycles. The molecule has 1 aliphatic heterocycles. The third kappa shape index (κ3) is 4.99. The van der Waals surface area contributed by atoms with E-state index in [0.717, 1.165) is 9.87 Å². The number of nitrogens with zero attached hydrogens (tertiary/aromatic N) is 4. The predicted molar refractivity (Wildman–Crippen MR) is 114 cm³/mol. The van der Waals surface area contributed by atoms with Crippen LogP contribution in [0, 0.1) is 11.3 Å². The maximum Gasteiger partial charge on any atom is 0.243 e. The molecule has 9 heteroatoms. The number of sulfonamides is 1. The van der Waals surface area contributed by atoms with E-state index >= 15 is 0 Å². The van der Waals surface area contributed by atoms with E-state index < -0.39 is 10.0 Å². The quantitative estimate of drug-likeness (QED) is 0.680. The van der Waals surface area contributed by atoms with Crippen molar-refractivity contribution < 1.29 is 13.2 Å². The van der Waals surface area contributed by atoms with E-state index in [1.165, 1.54) is 31.3 Å². The van der Waals surface area contributed by atoms with Gasteiger partial charge in [-0.3, -0.25) is 9.69 Å². The highest BCUT2D eigenvalue weighted by Gasteiger charge is 2.29. The SMILES string of the molecule is CN(CC(=O)N1CCN([C@@H](C#N)c2ccccc2)CC1)S(=O)(=O)c1ccc(Cl)cc1. The number of amides is 1. The van der Waals surface area contributed by atoms with Gasteiger partial charge in [0.25, 0.3) is 0 Å². The first-order valence-electron chi connectivity index (χ1n) is 9.51. The summed E-state index contributed by atoms with van der Waals surface area (Å²) in [5.74, 6) is -0.261. The summed E-state index contributed by atoms with van der Waals surface area (Å²) in [5, 5.41) is 10.0. The third-order valence-electron chi connectivity index (χ3n) is 5.15. The zero-order valence-electron chi connectivity index (χ0n) is 16.6. The minimum absolute atomic E-state index is 0.0896. The van der Waals surface area contributed by atoms with E-state index in [4.69, 9.17) is 11.6 Å². The molecule has 0 aliphatic carbocycles. The van der Waals surface area contributed by atoms with E-state index in [0.29, 0.717) is 31.2 Å². The average Bonchev–Trinajstić information content (AvgIpc) is 2.75. The van der Waals surface area contributed by atoms with Crippen LogP contribution in [0.15, 0.2) is 59.5 Å². The minimum atomic E-state index is -3.78. The van der Waals surface area contributed by atoms with Crippen molar-refractivity contribution in [3.8, 4) is 6.07 Å². The summed E-state index contributed by atoms with van der Waals surface area (Å²) in [4.78, 5) is 16.4. The highest BCUT2D eigenvalue weighted by molar-refractivity contribution is 7.89. The molecule has 0 spiro atoms. The fraction of sp³-hybridized carbons (Fsp3) is 0.333. The van der Waals surface area contributed by atoms with Crippen LogP contribution in [0.4, 0.5) is 0 Å². The van der Waals surface area contributed by atoms with E-state index in [1.54, 1.807) is 4.90 Å². The zero-order valence-corrected chi connectivity index (χ0v) is 18.2. The molecule has 0 N–H and O–H groups in total. The molecule has 1 fully saturated rings. The van der Waals surface area contributed by atoms with Gasteiger partial charge in [0.15, 0.2) is 0 Å². The number of nitriles is 1. The number of hydrogen-bond donors (Lipinski definition) is 0. The summed E-state index contributed by atoms with van der Waals surface area (Å²) in [7, 11) is -2.39. The molecule has 1 atom stereocenters. The van der Waals surface area contributed by atoms with Crippen LogP contribution in [0.2, 0.25) is 5.02 Å². The van der Waals surface area contributed by atoms with Crippen molar-refractivity contribution in [1.29, 1.82) is 5.26 Å². The predicted octanol–water partition coefficient (Wildman–Crippen LogP) is 2.37. The molecule has 1 heterocycles. The fourth-order valence-corrected chi connectivity index (χ4v) is 4.64. The van der Waals surface area contributed by atoms with Crippen molar-refractivity contribution in [1.82, 2.24) is 14.1 Å². The van der Waals surface area contributed by atoms with Gasteiger partial charge in [-0.2, -0.15) is 9.57 Å². The second-order valence-electron chi connectivity index (χ2n) is 7.07. The summed E-state index contributed by atoms with van der Waals surface area (Å²) < 4.78 is 26.4. The van der Waals surface area contributed by atoms with Gasteiger partial charge in [-0.15, -0.1) is 0 Å². The maximum absolute atomic E-state index is 12.7. The summed E-state index contributed by atoms with van der Waals surface area (Å²) in [6, 6.07) is 17.4. The van der Waals surface area contributed by atoms with Crippen LogP contribution in [0.25, 0.3) is 0 Å². The topological polar surface area (TPSA) is 84.7 Å². The number of piperazine rings is 1. The molecule has 1 saturated heterocycles. The van der Waals surface area contributed by atoms with Crippen LogP contribution < -0.4 is 0 Å². The Hall–Kier alpha value is -2.44. The molecule has 1 amide bonds. The molecule has 1 aliphatic rings. The number of carbonyl (C=O) groups is 1. The van der Waals surface area contributed by atoms with Gasteiger partial charge in [-0.25, -0.2) is 8.42 Å². The lowest BCUT2D eigenvalue weighted by molar-refractivity contribution is -0.133. The van der Waals surface area contributed by atoms with Gasteiger partial charge in [0, 0.05) is 38.2 Å². The maximum atomic E-state index is 12.7. The Labute approximate surface area is 182 Å². The van der Waals surface area contributed by atoms with Gasteiger partial charge in [0.05, 0.1) is 17.5 Å². The number of benzene rings is 2. The second kappa shape index (κ2) is 9.58. The Morgan fingerprint density at radius 1 is 1.10 bits per heavy atom. The lowest BCUT2D eigenvalue weighted by Crippen LogP contribution is -2.51. The highest BCUT2D eigenvalue weighted by Crippen LogP contribution is 2.22. The standard InChI is InChI=1S/C21H23ClN4O3S/c1-24(30(28,29)19-9-7-18(22)8-10-19)16-21(27)26-13-11-25(12-14-26)20(15-23)17-5-3-2-4-6-17/h2-10,20H,11-14,16H2,1H3/t20-/m0/s1. The van der Waals surface area contributed by atoms with Crippen molar-refractivity contribution in [2.45, 2.75) is 10.9 Å². The van der Waals surface area contributed by atoms with Crippen LogP contribution in [0.3, 0.4) is 0 Å². The van der Waals surface area contributed by atoms with Crippen LogP contribution in [-0.2, 0) is 14.8 Å². The molecule has 30 heavy (non-hydrogen) atoms. The fourth-order valence-electron chi connectivity index (χ4n) is 3.39. The molecule has 0 unspecified atom stereocenters. The van der Waals surface area contributed by atoms with Crippen LogP contribution in [0.5, 0.6) is 0 Å². The highest BCUT2D eigenvalue weighted by atomic mass is 35.5. The number of carbonyl (C=O) groups excluding carboxylic acids is 1. The van der Waals surface area contributed by atoms with Gasteiger partial charge in [0.1, 0.15) is 6.04 Å². The van der Waals surface area contributed by atoms with E-state index in [-0.39, 0.29) is 23.4 Å². The lowest BCUT2D eigenvalue weighted by Gasteiger charge is -2.37. The molecular formula is C21H23ClN4O3S. The van der Waals surface area contributed by atoms with Crippen molar-refractivity contribution in [2.75, 3.05) is 39.8 Å². The first-order chi connectivity index (χ1) is 14.3. The lowest BCUT2D eigenvalue weighted by atomic mass is 10.1. The molecule has 0 radical (unpaired) electrons. The first kappa shape index (κ1) is 22.2. The van der Waals surface area contributed by atoms with Crippen molar-refractivity contribution in [2.24, 2.45) is 0 Å². The number of likely N-dealkylation sites (N-methyl/N-ethyl adjacent to an activating group) is 1. The van der Waals surface area contributed by atoms with Gasteiger partial charge in [-0.1, -0.05) is 41.9 Å². The van der Waals surface area contributed by atoms with Gasteiger partial charge in [-0.05, 0) is 29.8 Å². The van der Waals surface area contributed by atoms with E-state index in [9.17, 15) is 18.5 Å². The molecule has 3 rings (SSSR count).